The van der Waals surface area contributed by atoms with Gasteiger partial charge in [-0.1, -0.05) is 25.5 Å². The first-order valence-electron chi connectivity index (χ1n) is 6.27. The van der Waals surface area contributed by atoms with Gasteiger partial charge in [0.2, 0.25) is 0 Å². The quantitative estimate of drug-likeness (QED) is 0.736. The van der Waals surface area contributed by atoms with E-state index in [0.29, 0.717) is 0 Å². The number of carboxylic acid groups (broad SMARTS) is 1. The number of hydrogen-bond acceptors (Lipinski definition) is 1. The third-order valence-electron chi connectivity index (χ3n) is 3.66. The van der Waals surface area contributed by atoms with Gasteiger partial charge < -0.3 is 5.11 Å². The Labute approximate surface area is 98.7 Å². The fourth-order valence-corrected chi connectivity index (χ4v) is 2.47. The topological polar surface area (TPSA) is 37.3 Å². The summed E-state index contributed by atoms with van der Waals surface area (Å²) in [4.78, 5) is 11.1. The molecule has 1 aliphatic rings. The van der Waals surface area contributed by atoms with E-state index in [2.05, 4.69) is 19.9 Å². The summed E-state index contributed by atoms with van der Waals surface area (Å²) in [7, 11) is 0. The molecule has 0 amide bonds. The molecule has 16 heavy (non-hydrogen) atoms. The van der Waals surface area contributed by atoms with Gasteiger partial charge in [0.05, 0.1) is 5.41 Å². The van der Waals surface area contributed by atoms with Crippen molar-refractivity contribution in [1.29, 1.82) is 0 Å². The molecule has 0 aromatic rings. The summed E-state index contributed by atoms with van der Waals surface area (Å²) in [5, 5.41) is 9.16. The number of carbonyl (C=O) groups is 1. The highest BCUT2D eigenvalue weighted by atomic mass is 16.4. The highest BCUT2D eigenvalue weighted by Crippen LogP contribution is 2.37. The molecule has 1 rings (SSSR count). The monoisotopic (exact) mass is 224 g/mol. The fourth-order valence-electron chi connectivity index (χ4n) is 2.47. The molecule has 0 aromatic carbocycles. The predicted octanol–water partition coefficient (Wildman–Crippen LogP) is 3.87. The van der Waals surface area contributed by atoms with Crippen molar-refractivity contribution >= 4 is 5.97 Å². The molecule has 92 valence electrons. The molecule has 0 aromatic heterocycles. The van der Waals surface area contributed by atoms with Gasteiger partial charge in [0.1, 0.15) is 0 Å². The highest BCUT2D eigenvalue weighted by Gasteiger charge is 2.33. The van der Waals surface area contributed by atoms with Gasteiger partial charge in [-0.05, 0) is 51.4 Å². The van der Waals surface area contributed by atoms with Crippen molar-refractivity contribution in [1.82, 2.24) is 0 Å². The van der Waals surface area contributed by atoms with Crippen LogP contribution in [0.15, 0.2) is 11.6 Å². The highest BCUT2D eigenvalue weighted by molar-refractivity contribution is 5.77. The van der Waals surface area contributed by atoms with Gasteiger partial charge in [-0.15, -0.1) is 0 Å². The minimum Gasteiger partial charge on any atom is -0.481 e. The molecule has 1 atom stereocenters. The number of hydrogen-bond donors (Lipinski definition) is 1. The van der Waals surface area contributed by atoms with E-state index < -0.39 is 11.4 Å². The smallest absolute Gasteiger partial charge is 0.313 e. The van der Waals surface area contributed by atoms with Gasteiger partial charge in [0.15, 0.2) is 0 Å². The summed E-state index contributed by atoms with van der Waals surface area (Å²) >= 11 is 0. The Morgan fingerprint density at radius 3 is 2.56 bits per heavy atom. The van der Waals surface area contributed by atoms with Crippen LogP contribution in [0.5, 0.6) is 0 Å². The fraction of sp³-hybridized carbons (Fsp3) is 0.786. The Balaban J connectivity index is 2.62. The van der Waals surface area contributed by atoms with Crippen molar-refractivity contribution in [2.45, 2.75) is 53.4 Å². The van der Waals surface area contributed by atoms with E-state index in [9.17, 15) is 4.79 Å². The molecular formula is C14H24O2. The molecule has 0 aliphatic heterocycles. The van der Waals surface area contributed by atoms with Gasteiger partial charge in [-0.25, -0.2) is 0 Å². The van der Waals surface area contributed by atoms with Crippen molar-refractivity contribution in [3.8, 4) is 0 Å². The molecular weight excluding hydrogens is 200 g/mol. The van der Waals surface area contributed by atoms with E-state index in [-0.39, 0.29) is 0 Å². The van der Waals surface area contributed by atoms with Crippen molar-refractivity contribution < 1.29 is 9.90 Å². The molecule has 0 fully saturated rings. The summed E-state index contributed by atoms with van der Waals surface area (Å²) in [5.41, 5.74) is 0.433. The molecule has 1 N–H and O–H groups in total. The van der Waals surface area contributed by atoms with Gasteiger partial charge in [-0.3, -0.25) is 4.79 Å². The van der Waals surface area contributed by atoms with Gasteiger partial charge in [0, 0.05) is 0 Å². The average molecular weight is 224 g/mol. The number of rotatable bonds is 4. The van der Waals surface area contributed by atoms with Gasteiger partial charge >= 0.3 is 5.97 Å². The van der Waals surface area contributed by atoms with Crippen LogP contribution in [0.2, 0.25) is 0 Å². The van der Waals surface area contributed by atoms with Gasteiger partial charge in [0.25, 0.3) is 0 Å². The lowest BCUT2D eigenvalue weighted by atomic mass is 9.75. The number of carboxylic acids is 1. The molecule has 2 heteroatoms. The second-order valence-corrected chi connectivity index (χ2v) is 5.93. The molecule has 1 unspecified atom stereocenters. The van der Waals surface area contributed by atoms with Crippen molar-refractivity contribution in [2.75, 3.05) is 0 Å². The summed E-state index contributed by atoms with van der Waals surface area (Å²) in [6.07, 6.45) is 6.60. The minimum absolute atomic E-state index is 0.678. The Kier molecular flexibility index (Phi) is 4.17. The van der Waals surface area contributed by atoms with Crippen LogP contribution >= 0.6 is 0 Å². The zero-order valence-electron chi connectivity index (χ0n) is 10.9. The molecule has 0 saturated heterocycles. The second kappa shape index (κ2) is 5.03. The zero-order valence-corrected chi connectivity index (χ0v) is 10.9. The third-order valence-corrected chi connectivity index (χ3v) is 3.66. The summed E-state index contributed by atoms with van der Waals surface area (Å²) in [6.45, 7) is 8.12. The third kappa shape index (κ3) is 3.10. The lowest BCUT2D eigenvalue weighted by molar-refractivity contribution is -0.145. The number of aliphatic carboxylic acids is 1. The molecule has 0 spiro atoms. The normalized spacial score (nSPS) is 22.1. The van der Waals surface area contributed by atoms with E-state index in [1.165, 1.54) is 6.42 Å². The average Bonchev–Trinajstić information content (AvgIpc) is 2.17. The first-order chi connectivity index (χ1) is 7.34. The van der Waals surface area contributed by atoms with Crippen LogP contribution in [0.25, 0.3) is 0 Å². The van der Waals surface area contributed by atoms with Crippen LogP contribution in [0.4, 0.5) is 0 Å². The summed E-state index contributed by atoms with van der Waals surface area (Å²) < 4.78 is 0. The molecule has 2 nitrogen and oxygen atoms in total. The van der Waals surface area contributed by atoms with Crippen LogP contribution in [-0.4, -0.2) is 11.1 Å². The van der Waals surface area contributed by atoms with E-state index >= 15 is 0 Å². The lowest BCUT2D eigenvalue weighted by Gasteiger charge is -2.30. The summed E-state index contributed by atoms with van der Waals surface area (Å²) in [5.74, 6) is 0.793. The molecule has 0 bridgehead atoms. The van der Waals surface area contributed by atoms with Gasteiger partial charge in [-0.2, -0.15) is 0 Å². The van der Waals surface area contributed by atoms with E-state index in [1.807, 2.05) is 13.8 Å². The van der Waals surface area contributed by atoms with Crippen molar-refractivity contribution in [2.24, 2.45) is 17.3 Å². The maximum Gasteiger partial charge on any atom is 0.313 e. The zero-order chi connectivity index (χ0) is 12.3. The van der Waals surface area contributed by atoms with Crippen molar-refractivity contribution in [3.05, 3.63) is 11.6 Å². The summed E-state index contributed by atoms with van der Waals surface area (Å²) in [6, 6.07) is 0. The first kappa shape index (κ1) is 13.3. The molecule has 0 saturated carbocycles. The largest absolute Gasteiger partial charge is 0.481 e. The van der Waals surface area contributed by atoms with Crippen LogP contribution < -0.4 is 0 Å². The SMILES string of the molecule is CC(C)CC1CC=C(C(C)(C)C(=O)O)CC1. The minimum atomic E-state index is -0.707. The van der Waals surface area contributed by atoms with Crippen molar-refractivity contribution in [3.63, 3.8) is 0 Å². The molecule has 0 radical (unpaired) electrons. The van der Waals surface area contributed by atoms with E-state index in [4.69, 9.17) is 5.11 Å². The second-order valence-electron chi connectivity index (χ2n) is 5.93. The maximum atomic E-state index is 11.1. The standard InChI is InChI=1S/C14H24O2/c1-10(2)9-11-5-7-12(8-6-11)14(3,4)13(15)16/h7,10-11H,5-6,8-9H2,1-4H3,(H,15,16). The van der Waals surface area contributed by atoms with Crippen LogP contribution in [0.1, 0.15) is 53.4 Å². The molecule has 1 aliphatic carbocycles. The van der Waals surface area contributed by atoms with E-state index in [1.54, 1.807) is 0 Å². The first-order valence-corrected chi connectivity index (χ1v) is 6.27. The lowest BCUT2D eigenvalue weighted by Crippen LogP contribution is -2.28. The van der Waals surface area contributed by atoms with Crippen LogP contribution in [0, 0.1) is 17.3 Å². The van der Waals surface area contributed by atoms with Crippen LogP contribution in [0.3, 0.4) is 0 Å². The predicted molar refractivity (Wildman–Crippen MR) is 66.3 cm³/mol. The van der Waals surface area contributed by atoms with Crippen LogP contribution in [-0.2, 0) is 4.79 Å². The van der Waals surface area contributed by atoms with E-state index in [0.717, 1.165) is 36.7 Å². The maximum absolute atomic E-state index is 11.1. The Bertz CT molecular complexity index is 287. The molecule has 0 heterocycles. The number of allylic oxidation sites excluding steroid dienone is 1. The Morgan fingerprint density at radius 2 is 2.19 bits per heavy atom. The Morgan fingerprint density at radius 1 is 1.56 bits per heavy atom. The Hall–Kier alpha value is -0.790.